The second-order valence-electron chi connectivity index (χ2n) is 16.3. The number of imide groups is 1. The van der Waals surface area contributed by atoms with Crippen molar-refractivity contribution in [1.82, 2.24) is 20.4 Å². The Morgan fingerprint density at radius 3 is 2.52 bits per heavy atom. The Kier molecular flexibility index (Phi) is 16.7. The number of alkyl carbamates (subject to hydrolysis) is 1. The molecule has 16 nitrogen and oxygen atoms in total. The van der Waals surface area contributed by atoms with Crippen LogP contribution in [-0.4, -0.2) is 127 Å². The first-order chi connectivity index (χ1) is 28.3. The van der Waals surface area contributed by atoms with Crippen molar-refractivity contribution in [2.75, 3.05) is 34.9 Å². The first kappa shape index (κ1) is 48.2. The van der Waals surface area contributed by atoms with E-state index in [0.717, 1.165) is 11.1 Å². The number of amides is 5. The molecule has 3 N–H and O–H groups in total. The standard InChI is InChI=1S/C43H61ClN4O12/c1-25(20-29-17-18-30(44)31(22-29)56-8)14-13-15-33(57-9)43(55)24-32(58-41(54)46-43)27(3)38-42(5,60-38)34(23-35(49)45-6)59-40(53)28(4)47(7)36(50)16-11-10-12-19-48-37(51)21-26(2)39(48)52/h13-15,17-18,22,26-28,32-34,38,55H,10-12,16,19-21,23-24H2,1-9H3,(H,45,49)(H,46,54)/b15-13+,25-14+. The highest BCUT2D eigenvalue weighted by atomic mass is 35.5. The number of hydrogen-bond acceptors (Lipinski definition) is 12. The lowest BCUT2D eigenvalue weighted by Crippen LogP contribution is -2.63. The molecule has 0 spiro atoms. The number of carbonyl (C=O) groups is 6. The van der Waals surface area contributed by atoms with Gasteiger partial charge in [0.15, 0.2) is 5.72 Å². The van der Waals surface area contributed by atoms with Gasteiger partial charge in [-0.3, -0.25) is 29.4 Å². The summed E-state index contributed by atoms with van der Waals surface area (Å²) < 4.78 is 28.7. The minimum atomic E-state index is -1.86. The first-order valence-corrected chi connectivity index (χ1v) is 20.7. The Bertz CT molecular complexity index is 1820. The van der Waals surface area contributed by atoms with Gasteiger partial charge in [-0.2, -0.15) is 0 Å². The highest BCUT2D eigenvalue weighted by molar-refractivity contribution is 6.32. The van der Waals surface area contributed by atoms with Gasteiger partial charge >= 0.3 is 12.1 Å². The normalized spacial score (nSPS) is 26.2. The van der Waals surface area contributed by atoms with Gasteiger partial charge in [-0.05, 0) is 57.7 Å². The summed E-state index contributed by atoms with van der Waals surface area (Å²) in [5.41, 5.74) is -1.04. The number of halogens is 1. The fraction of sp³-hybridized carbons (Fsp3) is 0.628. The minimum Gasteiger partial charge on any atom is -0.495 e. The molecule has 332 valence electrons. The van der Waals surface area contributed by atoms with Gasteiger partial charge in [0.1, 0.15) is 35.7 Å². The third-order valence-electron chi connectivity index (χ3n) is 11.7. The van der Waals surface area contributed by atoms with Crippen LogP contribution in [0.5, 0.6) is 5.75 Å². The van der Waals surface area contributed by atoms with Gasteiger partial charge in [0.05, 0.1) is 24.7 Å². The van der Waals surface area contributed by atoms with Crippen LogP contribution in [-0.2, 0) is 49.3 Å². The van der Waals surface area contributed by atoms with Crippen LogP contribution >= 0.6 is 11.6 Å². The number of nitrogens with one attached hydrogen (secondary N) is 2. The zero-order valence-electron chi connectivity index (χ0n) is 36.1. The molecule has 0 aliphatic carbocycles. The topological polar surface area (TPSA) is 203 Å². The molecular formula is C43H61ClN4O12. The van der Waals surface area contributed by atoms with Crippen LogP contribution < -0.4 is 15.4 Å². The molecule has 60 heavy (non-hydrogen) atoms. The Morgan fingerprint density at radius 1 is 1.17 bits per heavy atom. The summed E-state index contributed by atoms with van der Waals surface area (Å²) in [6.45, 7) is 9.01. The Hall–Kier alpha value is -4.51. The van der Waals surface area contributed by atoms with Crippen molar-refractivity contribution in [3.63, 3.8) is 0 Å². The molecule has 3 aliphatic rings. The maximum atomic E-state index is 13.5. The molecule has 3 saturated heterocycles. The number of rotatable bonds is 21. The van der Waals surface area contributed by atoms with Crippen molar-refractivity contribution in [2.45, 2.75) is 128 Å². The number of epoxide rings is 1. The van der Waals surface area contributed by atoms with Gasteiger partial charge in [0, 0.05) is 58.8 Å². The van der Waals surface area contributed by atoms with Gasteiger partial charge < -0.3 is 39.0 Å². The first-order valence-electron chi connectivity index (χ1n) is 20.4. The van der Waals surface area contributed by atoms with Crippen LogP contribution in [0, 0.1) is 11.8 Å². The number of unbranched alkanes of at least 4 members (excludes halogenated alkanes) is 2. The number of allylic oxidation sites excluding steroid dienone is 3. The number of hydrogen-bond donors (Lipinski definition) is 3. The lowest BCUT2D eigenvalue weighted by molar-refractivity contribution is -0.162. The van der Waals surface area contributed by atoms with Gasteiger partial charge in [-0.1, -0.05) is 61.7 Å². The molecule has 5 amide bonds. The number of aliphatic hydroxyl groups is 1. The lowest BCUT2D eigenvalue weighted by Gasteiger charge is -2.42. The summed E-state index contributed by atoms with van der Waals surface area (Å²) in [6, 6.07) is 4.55. The van der Waals surface area contributed by atoms with Crippen molar-refractivity contribution in [3.8, 4) is 5.75 Å². The Labute approximate surface area is 357 Å². The molecule has 0 aromatic heterocycles. The van der Waals surface area contributed by atoms with Gasteiger partial charge in [-0.25, -0.2) is 9.59 Å². The molecule has 4 rings (SSSR count). The average Bonchev–Trinajstić information content (AvgIpc) is 3.84. The van der Waals surface area contributed by atoms with Crippen molar-refractivity contribution < 1.29 is 57.6 Å². The summed E-state index contributed by atoms with van der Waals surface area (Å²) in [5, 5.41) is 17.3. The zero-order valence-corrected chi connectivity index (χ0v) is 36.8. The fourth-order valence-electron chi connectivity index (χ4n) is 7.72. The molecule has 0 radical (unpaired) electrons. The van der Waals surface area contributed by atoms with E-state index < -0.39 is 65.7 Å². The van der Waals surface area contributed by atoms with E-state index in [1.54, 1.807) is 46.1 Å². The van der Waals surface area contributed by atoms with Crippen LogP contribution in [0.15, 0.2) is 42.0 Å². The van der Waals surface area contributed by atoms with Crippen LogP contribution in [0.4, 0.5) is 4.79 Å². The smallest absolute Gasteiger partial charge is 0.409 e. The monoisotopic (exact) mass is 860 g/mol. The summed E-state index contributed by atoms with van der Waals surface area (Å²) in [7, 11) is 5.92. The van der Waals surface area contributed by atoms with E-state index in [9.17, 15) is 33.9 Å². The number of likely N-dealkylation sites (N-methyl/N-ethyl adjacent to an activating group) is 1. The number of ether oxygens (including phenoxy) is 5. The fourth-order valence-corrected chi connectivity index (χ4v) is 7.92. The maximum absolute atomic E-state index is 13.5. The second-order valence-corrected chi connectivity index (χ2v) is 16.7. The highest BCUT2D eigenvalue weighted by Gasteiger charge is 2.64. The van der Waals surface area contributed by atoms with Crippen LogP contribution in [0.3, 0.4) is 0 Å². The molecular weight excluding hydrogens is 800 g/mol. The molecule has 3 heterocycles. The number of carbonyl (C=O) groups excluding carboxylic acids is 6. The summed E-state index contributed by atoms with van der Waals surface area (Å²) >= 11 is 6.16. The largest absolute Gasteiger partial charge is 0.495 e. The lowest BCUT2D eigenvalue weighted by atomic mass is 9.83. The highest BCUT2D eigenvalue weighted by Crippen LogP contribution is 2.49. The average molecular weight is 861 g/mol. The molecule has 1 aromatic rings. The molecule has 1 aromatic carbocycles. The van der Waals surface area contributed by atoms with E-state index in [4.69, 9.17) is 35.3 Å². The van der Waals surface area contributed by atoms with Gasteiger partial charge in [0.25, 0.3) is 0 Å². The van der Waals surface area contributed by atoms with Gasteiger partial charge in [-0.15, -0.1) is 0 Å². The molecule has 9 atom stereocenters. The van der Waals surface area contributed by atoms with Crippen LogP contribution in [0.1, 0.15) is 85.1 Å². The van der Waals surface area contributed by atoms with E-state index in [1.165, 1.54) is 37.9 Å². The predicted molar refractivity (Wildman–Crippen MR) is 221 cm³/mol. The van der Waals surface area contributed by atoms with E-state index in [-0.39, 0.29) is 49.3 Å². The SMILES string of the molecule is CNC(=O)CC(OC(=O)C(C)N(C)C(=O)CCCCCN1C(=O)CC(C)C1=O)C1(C)OC1C(C)C1CC(O)(C(/C=C/C=C(\C)Cc2ccc(Cl)c(OC)c2)OC)NC(=O)O1. The third-order valence-corrected chi connectivity index (χ3v) is 12.0. The van der Waals surface area contributed by atoms with Crippen molar-refractivity contribution in [2.24, 2.45) is 11.8 Å². The van der Waals surface area contributed by atoms with Crippen LogP contribution in [0.25, 0.3) is 0 Å². The molecule has 3 aliphatic heterocycles. The summed E-state index contributed by atoms with van der Waals surface area (Å²) in [6.07, 6.45) is 3.18. The number of esters is 1. The van der Waals surface area contributed by atoms with E-state index in [1.807, 2.05) is 25.1 Å². The maximum Gasteiger partial charge on any atom is 0.409 e. The number of benzene rings is 1. The Morgan fingerprint density at radius 2 is 1.88 bits per heavy atom. The second kappa shape index (κ2) is 20.8. The Balaban J connectivity index is 1.35. The number of methoxy groups -OCH3 is 2. The molecule has 0 bridgehead atoms. The minimum absolute atomic E-state index is 0.0799. The number of cyclic esters (lactones) is 1. The van der Waals surface area contributed by atoms with Crippen molar-refractivity contribution >= 4 is 47.3 Å². The summed E-state index contributed by atoms with van der Waals surface area (Å²) in [5.74, 6) is -2.04. The van der Waals surface area contributed by atoms with Crippen molar-refractivity contribution in [3.05, 3.63) is 52.6 Å². The van der Waals surface area contributed by atoms with E-state index >= 15 is 0 Å². The van der Waals surface area contributed by atoms with E-state index in [2.05, 4.69) is 10.6 Å². The third kappa shape index (κ3) is 11.9. The van der Waals surface area contributed by atoms with Gasteiger partial charge in [0.2, 0.25) is 23.6 Å². The number of nitrogens with zero attached hydrogens (tertiary/aromatic N) is 2. The number of likely N-dealkylation sites (tertiary alicyclic amines) is 1. The zero-order chi connectivity index (χ0) is 44.5. The predicted octanol–water partition coefficient (Wildman–Crippen LogP) is 4.24. The molecule has 3 fully saturated rings. The molecule has 0 saturated carbocycles. The van der Waals surface area contributed by atoms with E-state index in [0.29, 0.717) is 43.0 Å². The quantitative estimate of drug-likeness (QED) is 0.0523. The summed E-state index contributed by atoms with van der Waals surface area (Å²) in [4.78, 5) is 78.9. The van der Waals surface area contributed by atoms with Crippen LogP contribution in [0.2, 0.25) is 5.02 Å². The molecule has 17 heteroatoms. The molecule has 9 unspecified atom stereocenters. The van der Waals surface area contributed by atoms with Crippen molar-refractivity contribution in [1.29, 1.82) is 0 Å².